The van der Waals surface area contributed by atoms with E-state index in [1.807, 2.05) is 0 Å². The highest BCUT2D eigenvalue weighted by Gasteiger charge is 2.11. The first-order valence-corrected chi connectivity index (χ1v) is 4.51. The fraction of sp³-hybridized carbons (Fsp3) is 0.364. The standard InChI is InChI=1S/C11H13NO3/c1-8(12-7-13)10-6-9(14-2)4-5-11(10)15-3/h4-6,8H,1-3H3. The quantitative estimate of drug-likeness (QED) is 0.561. The Kier molecular flexibility index (Phi) is 3.89. The van der Waals surface area contributed by atoms with Gasteiger partial charge in [-0.05, 0) is 25.1 Å². The highest BCUT2D eigenvalue weighted by atomic mass is 16.5. The van der Waals surface area contributed by atoms with Gasteiger partial charge in [0.15, 0.2) is 0 Å². The SMILES string of the molecule is COc1ccc(OC)c(C(C)N=C=O)c1. The van der Waals surface area contributed by atoms with Gasteiger partial charge in [-0.25, -0.2) is 4.79 Å². The van der Waals surface area contributed by atoms with E-state index in [4.69, 9.17) is 9.47 Å². The van der Waals surface area contributed by atoms with E-state index >= 15 is 0 Å². The summed E-state index contributed by atoms with van der Waals surface area (Å²) in [5.41, 5.74) is 0.806. The van der Waals surface area contributed by atoms with Crippen LogP contribution in [0, 0.1) is 0 Å². The van der Waals surface area contributed by atoms with Gasteiger partial charge >= 0.3 is 0 Å². The summed E-state index contributed by atoms with van der Waals surface area (Å²) in [4.78, 5) is 13.8. The van der Waals surface area contributed by atoms with Crippen LogP contribution in [-0.2, 0) is 4.79 Å². The molecule has 0 saturated carbocycles. The molecule has 0 amide bonds. The number of rotatable bonds is 4. The van der Waals surface area contributed by atoms with Crippen LogP contribution in [0.2, 0.25) is 0 Å². The van der Waals surface area contributed by atoms with E-state index < -0.39 is 0 Å². The minimum absolute atomic E-state index is 0.285. The van der Waals surface area contributed by atoms with Crippen molar-refractivity contribution in [2.45, 2.75) is 13.0 Å². The molecule has 0 saturated heterocycles. The maximum absolute atomic E-state index is 10.2. The molecule has 1 aromatic rings. The molecule has 0 bridgehead atoms. The fourth-order valence-corrected chi connectivity index (χ4v) is 1.31. The van der Waals surface area contributed by atoms with E-state index in [2.05, 4.69) is 4.99 Å². The van der Waals surface area contributed by atoms with Gasteiger partial charge < -0.3 is 9.47 Å². The predicted molar refractivity (Wildman–Crippen MR) is 56.1 cm³/mol. The minimum atomic E-state index is -0.285. The van der Waals surface area contributed by atoms with Crippen LogP contribution in [0.4, 0.5) is 0 Å². The first kappa shape index (κ1) is 11.3. The molecule has 80 valence electrons. The summed E-state index contributed by atoms with van der Waals surface area (Å²) >= 11 is 0. The molecular formula is C11H13NO3. The lowest BCUT2D eigenvalue weighted by atomic mass is 10.1. The van der Waals surface area contributed by atoms with Gasteiger partial charge in [0.2, 0.25) is 6.08 Å². The van der Waals surface area contributed by atoms with Crippen molar-refractivity contribution < 1.29 is 14.3 Å². The van der Waals surface area contributed by atoms with E-state index in [1.54, 1.807) is 39.3 Å². The van der Waals surface area contributed by atoms with E-state index in [9.17, 15) is 4.79 Å². The van der Waals surface area contributed by atoms with Crippen LogP contribution < -0.4 is 9.47 Å². The smallest absolute Gasteiger partial charge is 0.235 e. The number of isocyanates is 1. The van der Waals surface area contributed by atoms with Gasteiger partial charge in [-0.3, -0.25) is 0 Å². The molecule has 0 spiro atoms. The van der Waals surface area contributed by atoms with Crippen LogP contribution in [0.5, 0.6) is 11.5 Å². The molecule has 0 heterocycles. The third-order valence-corrected chi connectivity index (χ3v) is 2.13. The van der Waals surface area contributed by atoms with Crippen LogP contribution >= 0.6 is 0 Å². The maximum Gasteiger partial charge on any atom is 0.235 e. The summed E-state index contributed by atoms with van der Waals surface area (Å²) in [6.45, 7) is 1.79. The molecule has 4 nitrogen and oxygen atoms in total. The van der Waals surface area contributed by atoms with Crippen molar-refractivity contribution in [2.75, 3.05) is 14.2 Å². The number of ether oxygens (including phenoxy) is 2. The van der Waals surface area contributed by atoms with Gasteiger partial charge in [0.25, 0.3) is 0 Å². The Balaban J connectivity index is 3.16. The molecule has 0 fully saturated rings. The molecule has 1 aromatic carbocycles. The molecular weight excluding hydrogens is 194 g/mol. The number of methoxy groups -OCH3 is 2. The molecule has 1 unspecified atom stereocenters. The van der Waals surface area contributed by atoms with E-state index in [0.29, 0.717) is 11.5 Å². The summed E-state index contributed by atoms with van der Waals surface area (Å²) in [5, 5.41) is 0. The van der Waals surface area contributed by atoms with Gasteiger partial charge in [0.1, 0.15) is 11.5 Å². The van der Waals surface area contributed by atoms with Crippen LogP contribution in [0.3, 0.4) is 0 Å². The molecule has 0 radical (unpaired) electrons. The monoisotopic (exact) mass is 207 g/mol. The largest absolute Gasteiger partial charge is 0.497 e. The zero-order chi connectivity index (χ0) is 11.3. The third kappa shape index (κ3) is 2.58. The van der Waals surface area contributed by atoms with Gasteiger partial charge in [-0.15, -0.1) is 0 Å². The predicted octanol–water partition coefficient (Wildman–Crippen LogP) is 2.10. The molecule has 15 heavy (non-hydrogen) atoms. The van der Waals surface area contributed by atoms with Crippen LogP contribution in [0.25, 0.3) is 0 Å². The average Bonchev–Trinajstić information content (AvgIpc) is 2.28. The van der Waals surface area contributed by atoms with Crippen molar-refractivity contribution in [1.82, 2.24) is 0 Å². The van der Waals surface area contributed by atoms with Crippen LogP contribution in [0.15, 0.2) is 23.2 Å². The van der Waals surface area contributed by atoms with Gasteiger partial charge in [0, 0.05) is 5.56 Å². The number of hydrogen-bond acceptors (Lipinski definition) is 4. The molecule has 0 aliphatic carbocycles. The molecule has 1 atom stereocenters. The zero-order valence-corrected chi connectivity index (χ0v) is 8.98. The van der Waals surface area contributed by atoms with Gasteiger partial charge in [0.05, 0.1) is 20.3 Å². The van der Waals surface area contributed by atoms with Crippen LogP contribution in [-0.4, -0.2) is 20.3 Å². The van der Waals surface area contributed by atoms with E-state index in [-0.39, 0.29) is 6.04 Å². The molecule has 0 N–H and O–H groups in total. The Morgan fingerprint density at radius 2 is 2.07 bits per heavy atom. The second kappa shape index (κ2) is 5.17. The third-order valence-electron chi connectivity index (χ3n) is 2.13. The zero-order valence-electron chi connectivity index (χ0n) is 8.98. The first-order valence-electron chi connectivity index (χ1n) is 4.51. The second-order valence-electron chi connectivity index (χ2n) is 3.00. The number of aliphatic imine (C=N–C) groups is 1. The lowest BCUT2D eigenvalue weighted by Gasteiger charge is -2.12. The van der Waals surface area contributed by atoms with Crippen molar-refractivity contribution in [3.63, 3.8) is 0 Å². The Bertz CT molecular complexity index is 383. The lowest BCUT2D eigenvalue weighted by molar-refractivity contribution is 0.396. The summed E-state index contributed by atoms with van der Waals surface area (Å²) in [7, 11) is 3.15. The second-order valence-corrected chi connectivity index (χ2v) is 3.00. The Labute approximate surface area is 88.5 Å². The topological polar surface area (TPSA) is 47.9 Å². The highest BCUT2D eigenvalue weighted by molar-refractivity contribution is 5.44. The van der Waals surface area contributed by atoms with Crippen molar-refractivity contribution in [2.24, 2.45) is 4.99 Å². The summed E-state index contributed by atoms with van der Waals surface area (Å²) in [5.74, 6) is 1.39. The molecule has 0 aromatic heterocycles. The number of nitrogens with zero attached hydrogens (tertiary/aromatic N) is 1. The van der Waals surface area contributed by atoms with Crippen molar-refractivity contribution in [3.05, 3.63) is 23.8 Å². The van der Waals surface area contributed by atoms with Gasteiger partial charge in [-0.2, -0.15) is 4.99 Å². The Morgan fingerprint density at radius 1 is 1.33 bits per heavy atom. The van der Waals surface area contributed by atoms with Crippen LogP contribution in [0.1, 0.15) is 18.5 Å². The first-order chi connectivity index (χ1) is 7.22. The normalized spacial score (nSPS) is 11.4. The minimum Gasteiger partial charge on any atom is -0.497 e. The Morgan fingerprint density at radius 3 is 2.60 bits per heavy atom. The molecule has 0 aliphatic rings. The Hall–Kier alpha value is -1.80. The fourth-order valence-electron chi connectivity index (χ4n) is 1.31. The summed E-state index contributed by atoms with van der Waals surface area (Å²) < 4.78 is 10.3. The van der Waals surface area contributed by atoms with E-state index in [1.165, 1.54) is 6.08 Å². The van der Waals surface area contributed by atoms with Gasteiger partial charge in [-0.1, -0.05) is 0 Å². The van der Waals surface area contributed by atoms with Crippen molar-refractivity contribution in [1.29, 1.82) is 0 Å². The average molecular weight is 207 g/mol. The maximum atomic E-state index is 10.2. The number of carbonyl (C=O) groups excluding carboxylic acids is 1. The molecule has 1 rings (SSSR count). The summed E-state index contributed by atoms with van der Waals surface area (Å²) in [6.07, 6.45) is 1.53. The van der Waals surface area contributed by atoms with Crippen molar-refractivity contribution in [3.8, 4) is 11.5 Å². The van der Waals surface area contributed by atoms with E-state index in [0.717, 1.165) is 5.56 Å². The lowest BCUT2D eigenvalue weighted by Crippen LogP contribution is -1.96. The number of benzene rings is 1. The number of hydrogen-bond donors (Lipinski definition) is 0. The molecule has 4 heteroatoms. The highest BCUT2D eigenvalue weighted by Crippen LogP contribution is 2.30. The summed E-state index contributed by atoms with van der Waals surface area (Å²) in [6, 6.07) is 5.09. The van der Waals surface area contributed by atoms with Crippen molar-refractivity contribution >= 4 is 6.08 Å². The molecule has 0 aliphatic heterocycles.